The van der Waals surface area contributed by atoms with Crippen molar-refractivity contribution in [3.8, 4) is 11.5 Å². The Labute approximate surface area is 201 Å². The highest BCUT2D eigenvalue weighted by Gasteiger charge is 2.30. The molecule has 1 aromatic heterocycles. The Bertz CT molecular complexity index is 1280. The fourth-order valence-corrected chi connectivity index (χ4v) is 5.64. The van der Waals surface area contributed by atoms with Crippen LogP contribution in [0.15, 0.2) is 52.9 Å². The van der Waals surface area contributed by atoms with Gasteiger partial charge in [0, 0.05) is 36.9 Å². The number of sulfone groups is 1. The fourth-order valence-electron chi connectivity index (χ4n) is 4.29. The highest BCUT2D eigenvalue weighted by atomic mass is 32.2. The van der Waals surface area contributed by atoms with Crippen molar-refractivity contribution in [2.45, 2.75) is 39.5 Å². The van der Waals surface area contributed by atoms with Crippen LogP contribution in [-0.4, -0.2) is 55.6 Å². The summed E-state index contributed by atoms with van der Waals surface area (Å²) in [6.07, 6.45) is 0. The number of amides is 1. The van der Waals surface area contributed by atoms with Crippen LogP contribution in [0.5, 0.6) is 0 Å². The molecule has 2 heterocycles. The largest absolute Gasteiger partial charge is 0.441 e. The van der Waals surface area contributed by atoms with Crippen molar-refractivity contribution < 1.29 is 17.6 Å². The van der Waals surface area contributed by atoms with Crippen molar-refractivity contribution in [1.82, 2.24) is 9.88 Å². The molecule has 8 heteroatoms. The van der Waals surface area contributed by atoms with E-state index >= 15 is 0 Å². The molecule has 180 valence electrons. The summed E-state index contributed by atoms with van der Waals surface area (Å²) in [7, 11) is -3.70. The standard InChI is InChI=1S/C26H31N3O4S/c1-18-8-10-22(11-9-18)26-27-24(21(4)33-26)16-34(31,32)17-25(30)28-12-13-29(20(3)15-28)23-7-5-6-19(2)14-23/h5-11,14,20H,12-13,15-17H2,1-4H3/t20-/m0/s1. The lowest BCUT2D eigenvalue weighted by atomic mass is 10.1. The van der Waals surface area contributed by atoms with Gasteiger partial charge in [-0.1, -0.05) is 29.8 Å². The Morgan fingerprint density at radius 2 is 1.79 bits per heavy atom. The zero-order chi connectivity index (χ0) is 24.5. The van der Waals surface area contributed by atoms with Gasteiger partial charge in [0.1, 0.15) is 11.5 Å². The summed E-state index contributed by atoms with van der Waals surface area (Å²) < 4.78 is 31.4. The maximum absolute atomic E-state index is 12.9. The molecule has 7 nitrogen and oxygen atoms in total. The molecule has 0 N–H and O–H groups in total. The molecular weight excluding hydrogens is 450 g/mol. The summed E-state index contributed by atoms with van der Waals surface area (Å²) in [5.74, 6) is -0.382. The number of aryl methyl sites for hydroxylation is 3. The highest BCUT2D eigenvalue weighted by Crippen LogP contribution is 2.24. The van der Waals surface area contributed by atoms with Crippen LogP contribution in [0.1, 0.15) is 29.5 Å². The van der Waals surface area contributed by atoms with E-state index in [1.54, 1.807) is 11.8 Å². The first kappa shape index (κ1) is 24.0. The third-order valence-corrected chi connectivity index (χ3v) is 7.60. The van der Waals surface area contributed by atoms with Gasteiger partial charge in [-0.2, -0.15) is 0 Å². The van der Waals surface area contributed by atoms with Crippen molar-refractivity contribution in [3.05, 3.63) is 71.1 Å². The fraction of sp³-hybridized carbons (Fsp3) is 0.385. The van der Waals surface area contributed by atoms with Crippen LogP contribution in [0.25, 0.3) is 11.5 Å². The van der Waals surface area contributed by atoms with Crippen molar-refractivity contribution in [2.75, 3.05) is 30.3 Å². The molecule has 1 amide bonds. The molecule has 1 saturated heterocycles. The second-order valence-electron chi connectivity index (χ2n) is 9.14. The lowest BCUT2D eigenvalue weighted by Crippen LogP contribution is -2.54. The van der Waals surface area contributed by atoms with Gasteiger partial charge in [-0.05, 0) is 57.5 Å². The first-order valence-electron chi connectivity index (χ1n) is 11.5. The van der Waals surface area contributed by atoms with Crippen LogP contribution >= 0.6 is 0 Å². The van der Waals surface area contributed by atoms with E-state index in [0.717, 1.165) is 16.8 Å². The molecule has 0 aliphatic carbocycles. The Kier molecular flexibility index (Phi) is 6.79. The van der Waals surface area contributed by atoms with Crippen LogP contribution in [0.3, 0.4) is 0 Å². The molecule has 0 saturated carbocycles. The third-order valence-electron chi connectivity index (χ3n) is 6.20. The maximum Gasteiger partial charge on any atom is 0.237 e. The smallest absolute Gasteiger partial charge is 0.237 e. The monoisotopic (exact) mass is 481 g/mol. The molecule has 3 aromatic rings. The summed E-state index contributed by atoms with van der Waals surface area (Å²) in [6.45, 7) is 9.45. The summed E-state index contributed by atoms with van der Waals surface area (Å²) in [5.41, 5.74) is 4.55. The predicted octanol–water partition coefficient (Wildman–Crippen LogP) is 3.92. The van der Waals surface area contributed by atoms with Crippen molar-refractivity contribution >= 4 is 21.4 Å². The molecule has 1 aliphatic rings. The van der Waals surface area contributed by atoms with E-state index in [1.165, 1.54) is 5.56 Å². The number of nitrogens with zero attached hydrogens (tertiary/aromatic N) is 3. The number of hydrogen-bond acceptors (Lipinski definition) is 6. The molecule has 0 bridgehead atoms. The number of oxazole rings is 1. The minimum absolute atomic E-state index is 0.0945. The molecule has 4 rings (SSSR count). The molecule has 1 aliphatic heterocycles. The average molecular weight is 482 g/mol. The molecule has 34 heavy (non-hydrogen) atoms. The zero-order valence-corrected chi connectivity index (χ0v) is 20.9. The number of aromatic nitrogens is 1. The van der Waals surface area contributed by atoms with Crippen LogP contribution in [-0.2, 0) is 20.4 Å². The Balaban J connectivity index is 1.39. The Morgan fingerprint density at radius 1 is 1.06 bits per heavy atom. The van der Waals surface area contributed by atoms with E-state index in [0.29, 0.717) is 37.0 Å². The van der Waals surface area contributed by atoms with Gasteiger partial charge in [0.2, 0.25) is 11.8 Å². The number of carbonyl (C=O) groups is 1. The van der Waals surface area contributed by atoms with E-state index in [9.17, 15) is 13.2 Å². The number of piperazine rings is 1. The van der Waals surface area contributed by atoms with Crippen LogP contribution in [0.2, 0.25) is 0 Å². The summed E-state index contributed by atoms with van der Waals surface area (Å²) in [4.78, 5) is 21.2. The lowest BCUT2D eigenvalue weighted by Gasteiger charge is -2.41. The Hall–Kier alpha value is -3.13. The molecule has 0 radical (unpaired) electrons. The molecule has 1 fully saturated rings. The normalized spacial score (nSPS) is 16.6. The van der Waals surface area contributed by atoms with Gasteiger partial charge < -0.3 is 14.2 Å². The van der Waals surface area contributed by atoms with Crippen LogP contribution < -0.4 is 4.90 Å². The van der Waals surface area contributed by atoms with E-state index in [1.807, 2.05) is 37.3 Å². The first-order chi connectivity index (χ1) is 16.1. The van der Waals surface area contributed by atoms with Crippen molar-refractivity contribution in [3.63, 3.8) is 0 Å². The molecule has 0 spiro atoms. The third kappa shape index (κ3) is 5.50. The minimum Gasteiger partial charge on any atom is -0.441 e. The van der Waals surface area contributed by atoms with E-state index < -0.39 is 15.6 Å². The topological polar surface area (TPSA) is 83.7 Å². The molecule has 1 atom stereocenters. The predicted molar refractivity (Wildman–Crippen MR) is 133 cm³/mol. The number of carbonyl (C=O) groups excluding carboxylic acids is 1. The summed E-state index contributed by atoms with van der Waals surface area (Å²) in [5, 5.41) is 0. The average Bonchev–Trinajstić information content (AvgIpc) is 3.13. The van der Waals surface area contributed by atoms with Crippen molar-refractivity contribution in [1.29, 1.82) is 0 Å². The first-order valence-corrected chi connectivity index (χ1v) is 13.3. The number of anilines is 1. The molecular formula is C26H31N3O4S. The Morgan fingerprint density at radius 3 is 2.47 bits per heavy atom. The van der Waals surface area contributed by atoms with Crippen molar-refractivity contribution in [2.24, 2.45) is 0 Å². The number of rotatable bonds is 6. The highest BCUT2D eigenvalue weighted by molar-refractivity contribution is 7.91. The summed E-state index contributed by atoms with van der Waals surface area (Å²) in [6, 6.07) is 16.0. The van der Waals surface area contributed by atoms with E-state index in [-0.39, 0.29) is 17.7 Å². The van der Waals surface area contributed by atoms with Gasteiger partial charge in [0.15, 0.2) is 9.84 Å². The summed E-state index contributed by atoms with van der Waals surface area (Å²) >= 11 is 0. The molecule has 0 unspecified atom stereocenters. The van der Waals surface area contributed by atoms with Gasteiger partial charge >= 0.3 is 0 Å². The van der Waals surface area contributed by atoms with E-state index in [4.69, 9.17) is 4.42 Å². The van der Waals surface area contributed by atoms with Gasteiger partial charge in [0.25, 0.3) is 0 Å². The molecule has 2 aromatic carbocycles. The number of hydrogen-bond donors (Lipinski definition) is 0. The van der Waals surface area contributed by atoms with Gasteiger partial charge in [-0.25, -0.2) is 13.4 Å². The van der Waals surface area contributed by atoms with Crippen LogP contribution in [0, 0.1) is 20.8 Å². The van der Waals surface area contributed by atoms with Gasteiger partial charge in [-0.15, -0.1) is 0 Å². The number of benzene rings is 2. The maximum atomic E-state index is 12.9. The lowest BCUT2D eigenvalue weighted by molar-refractivity contribution is -0.129. The zero-order valence-electron chi connectivity index (χ0n) is 20.1. The SMILES string of the molecule is Cc1ccc(-c2nc(CS(=O)(=O)CC(=O)N3CCN(c4cccc(C)c4)[C@@H](C)C3)c(C)o2)cc1. The van der Waals surface area contributed by atoms with Gasteiger partial charge in [-0.3, -0.25) is 4.79 Å². The van der Waals surface area contributed by atoms with E-state index in [2.05, 4.69) is 41.9 Å². The van der Waals surface area contributed by atoms with Gasteiger partial charge in [0.05, 0.1) is 11.4 Å². The van der Waals surface area contributed by atoms with Crippen LogP contribution in [0.4, 0.5) is 5.69 Å². The second-order valence-corrected chi connectivity index (χ2v) is 11.2. The second kappa shape index (κ2) is 9.62. The quantitative estimate of drug-likeness (QED) is 0.531. The minimum atomic E-state index is -3.70.